The summed E-state index contributed by atoms with van der Waals surface area (Å²) in [6, 6.07) is 16.7. The molecule has 4 rings (SSSR count). The SMILES string of the molecule is CC(C(=O)O)n1/c(=N\C(=O)C2CC2c2ccccc2)sc2ccccc21. The van der Waals surface area contributed by atoms with Gasteiger partial charge in [0, 0.05) is 5.92 Å². The highest BCUT2D eigenvalue weighted by molar-refractivity contribution is 7.16. The third kappa shape index (κ3) is 2.97. The Labute approximate surface area is 154 Å². The summed E-state index contributed by atoms with van der Waals surface area (Å²) < 4.78 is 2.56. The van der Waals surface area contributed by atoms with Crippen molar-refractivity contribution in [2.45, 2.75) is 25.3 Å². The Morgan fingerprint density at radius 2 is 1.85 bits per heavy atom. The lowest BCUT2D eigenvalue weighted by Crippen LogP contribution is -2.25. The fourth-order valence-electron chi connectivity index (χ4n) is 3.27. The molecule has 3 atom stereocenters. The molecule has 1 N–H and O–H groups in total. The number of aromatic nitrogens is 1. The first-order valence-electron chi connectivity index (χ1n) is 8.52. The molecule has 3 aromatic rings. The Kier molecular flexibility index (Phi) is 4.20. The molecule has 1 heterocycles. The van der Waals surface area contributed by atoms with Crippen molar-refractivity contribution < 1.29 is 14.7 Å². The van der Waals surface area contributed by atoms with Crippen molar-refractivity contribution in [3.8, 4) is 0 Å². The van der Waals surface area contributed by atoms with Crippen LogP contribution < -0.4 is 4.80 Å². The van der Waals surface area contributed by atoms with Gasteiger partial charge >= 0.3 is 5.97 Å². The number of benzene rings is 2. The molecule has 1 amide bonds. The van der Waals surface area contributed by atoms with E-state index in [4.69, 9.17) is 0 Å². The Morgan fingerprint density at radius 3 is 2.58 bits per heavy atom. The summed E-state index contributed by atoms with van der Waals surface area (Å²) in [7, 11) is 0. The van der Waals surface area contributed by atoms with Crippen LogP contribution in [0.5, 0.6) is 0 Å². The van der Waals surface area contributed by atoms with Gasteiger partial charge in [0.2, 0.25) is 0 Å². The van der Waals surface area contributed by atoms with Crippen molar-refractivity contribution >= 4 is 33.4 Å². The first-order valence-corrected chi connectivity index (χ1v) is 9.34. The van der Waals surface area contributed by atoms with Crippen molar-refractivity contribution in [2.24, 2.45) is 10.9 Å². The maximum atomic E-state index is 12.7. The number of carbonyl (C=O) groups is 2. The monoisotopic (exact) mass is 366 g/mol. The Balaban J connectivity index is 1.71. The molecule has 1 fully saturated rings. The second-order valence-corrected chi connectivity index (χ2v) is 7.56. The molecule has 0 bridgehead atoms. The van der Waals surface area contributed by atoms with Crippen LogP contribution in [0.4, 0.5) is 0 Å². The Hall–Kier alpha value is -2.73. The number of aliphatic carboxylic acids is 1. The van der Waals surface area contributed by atoms with Crippen molar-refractivity contribution in [3.05, 3.63) is 65.0 Å². The molecule has 5 nitrogen and oxygen atoms in total. The van der Waals surface area contributed by atoms with Crippen molar-refractivity contribution in [2.75, 3.05) is 0 Å². The first-order chi connectivity index (χ1) is 12.6. The molecule has 0 saturated heterocycles. The van der Waals surface area contributed by atoms with Crippen LogP contribution >= 0.6 is 11.3 Å². The van der Waals surface area contributed by atoms with E-state index in [0.29, 0.717) is 4.80 Å². The van der Waals surface area contributed by atoms with Gasteiger partial charge < -0.3 is 9.67 Å². The molecule has 2 aromatic carbocycles. The summed E-state index contributed by atoms with van der Waals surface area (Å²) >= 11 is 1.35. The van der Waals surface area contributed by atoms with Gasteiger partial charge in [0.25, 0.3) is 5.91 Å². The number of thiazole rings is 1. The minimum absolute atomic E-state index is 0.115. The zero-order valence-corrected chi connectivity index (χ0v) is 15.0. The average molecular weight is 366 g/mol. The van der Waals surface area contributed by atoms with Gasteiger partial charge in [-0.25, -0.2) is 4.79 Å². The van der Waals surface area contributed by atoms with Crippen LogP contribution in [0.3, 0.4) is 0 Å². The largest absolute Gasteiger partial charge is 0.480 e. The van der Waals surface area contributed by atoms with Crippen molar-refractivity contribution in [1.29, 1.82) is 0 Å². The third-order valence-corrected chi connectivity index (χ3v) is 5.85. The number of hydrogen-bond acceptors (Lipinski definition) is 3. The molecule has 0 aliphatic heterocycles. The maximum Gasteiger partial charge on any atom is 0.326 e. The predicted molar refractivity (Wildman–Crippen MR) is 100 cm³/mol. The van der Waals surface area contributed by atoms with E-state index in [-0.39, 0.29) is 17.7 Å². The number of para-hydroxylation sites is 1. The molecule has 1 aliphatic carbocycles. The van der Waals surface area contributed by atoms with E-state index < -0.39 is 12.0 Å². The number of nitrogens with zero attached hydrogens (tertiary/aromatic N) is 2. The molecule has 1 aromatic heterocycles. The Morgan fingerprint density at radius 1 is 1.15 bits per heavy atom. The normalized spacial score (nSPS) is 20.9. The van der Waals surface area contributed by atoms with Crippen LogP contribution in [0.15, 0.2) is 59.6 Å². The van der Waals surface area contributed by atoms with Gasteiger partial charge in [-0.1, -0.05) is 53.8 Å². The highest BCUT2D eigenvalue weighted by Crippen LogP contribution is 2.48. The van der Waals surface area contributed by atoms with E-state index in [1.165, 1.54) is 11.3 Å². The van der Waals surface area contributed by atoms with Gasteiger partial charge in [0.05, 0.1) is 10.2 Å². The van der Waals surface area contributed by atoms with Crippen LogP contribution in [-0.2, 0) is 9.59 Å². The summed E-state index contributed by atoms with van der Waals surface area (Å²) in [5, 5.41) is 9.44. The van der Waals surface area contributed by atoms with E-state index in [1.807, 2.05) is 54.6 Å². The fourth-order valence-corrected chi connectivity index (χ4v) is 4.37. The van der Waals surface area contributed by atoms with Gasteiger partial charge in [-0.15, -0.1) is 0 Å². The molecule has 26 heavy (non-hydrogen) atoms. The average Bonchev–Trinajstić information content (AvgIpc) is 3.37. The van der Waals surface area contributed by atoms with E-state index in [2.05, 4.69) is 4.99 Å². The summed E-state index contributed by atoms with van der Waals surface area (Å²) in [6.45, 7) is 1.61. The minimum Gasteiger partial charge on any atom is -0.480 e. The maximum absolute atomic E-state index is 12.7. The summed E-state index contributed by atoms with van der Waals surface area (Å²) in [5.74, 6) is -1.02. The lowest BCUT2D eigenvalue weighted by Gasteiger charge is -2.09. The molecule has 6 heteroatoms. The molecule has 1 saturated carbocycles. The van der Waals surface area contributed by atoms with Crippen LogP contribution in [0, 0.1) is 5.92 Å². The predicted octanol–water partition coefficient (Wildman–Crippen LogP) is 3.58. The zero-order valence-electron chi connectivity index (χ0n) is 14.2. The van der Waals surface area contributed by atoms with Gasteiger partial charge in [0.1, 0.15) is 6.04 Å². The lowest BCUT2D eigenvalue weighted by molar-refractivity contribution is -0.140. The number of fused-ring (bicyclic) bond motifs is 1. The number of carbonyl (C=O) groups excluding carboxylic acids is 1. The molecular formula is C20H18N2O3S. The number of carboxylic acids is 1. The van der Waals surface area contributed by atoms with Crippen LogP contribution in [0.25, 0.3) is 10.2 Å². The fraction of sp³-hybridized carbons (Fsp3) is 0.250. The van der Waals surface area contributed by atoms with E-state index in [0.717, 1.165) is 22.2 Å². The smallest absolute Gasteiger partial charge is 0.326 e. The molecule has 0 spiro atoms. The standard InChI is InChI=1S/C20H18N2O3S/c1-12(19(24)25)22-16-9-5-6-10-17(16)26-20(22)21-18(23)15-11-14(15)13-7-3-2-4-8-13/h2-10,12,14-15H,11H2,1H3,(H,24,25)/b21-20+. The first kappa shape index (κ1) is 16.7. The van der Waals surface area contributed by atoms with Gasteiger partial charge in [-0.2, -0.15) is 4.99 Å². The van der Waals surface area contributed by atoms with E-state index in [1.54, 1.807) is 11.5 Å². The van der Waals surface area contributed by atoms with Gasteiger partial charge in [-0.3, -0.25) is 4.79 Å². The van der Waals surface area contributed by atoms with Crippen LogP contribution in [0.2, 0.25) is 0 Å². The van der Waals surface area contributed by atoms with Crippen molar-refractivity contribution in [1.82, 2.24) is 4.57 Å². The third-order valence-electron chi connectivity index (χ3n) is 4.82. The van der Waals surface area contributed by atoms with E-state index >= 15 is 0 Å². The molecule has 3 unspecified atom stereocenters. The Bertz CT molecular complexity index is 1050. The zero-order chi connectivity index (χ0) is 18.3. The highest BCUT2D eigenvalue weighted by Gasteiger charge is 2.43. The summed E-state index contributed by atoms with van der Waals surface area (Å²) in [6.07, 6.45) is 0.797. The molecule has 1 aliphatic rings. The second kappa shape index (κ2) is 6.53. The minimum atomic E-state index is -0.948. The second-order valence-electron chi connectivity index (χ2n) is 6.55. The molecule has 0 radical (unpaired) electrons. The molecule has 132 valence electrons. The summed E-state index contributed by atoms with van der Waals surface area (Å²) in [5.41, 5.74) is 1.94. The highest BCUT2D eigenvalue weighted by atomic mass is 32.1. The van der Waals surface area contributed by atoms with Crippen LogP contribution in [0.1, 0.15) is 30.9 Å². The summed E-state index contributed by atoms with van der Waals surface area (Å²) in [4.78, 5) is 28.9. The topological polar surface area (TPSA) is 71.7 Å². The number of rotatable bonds is 4. The number of amides is 1. The van der Waals surface area contributed by atoms with Crippen molar-refractivity contribution in [3.63, 3.8) is 0 Å². The lowest BCUT2D eigenvalue weighted by atomic mass is 10.1. The van der Waals surface area contributed by atoms with Gasteiger partial charge in [-0.05, 0) is 37.0 Å². The van der Waals surface area contributed by atoms with E-state index in [9.17, 15) is 14.7 Å². The molecular weight excluding hydrogens is 348 g/mol. The number of hydrogen-bond donors (Lipinski definition) is 1. The number of carboxylic acid groups (broad SMARTS) is 1. The van der Waals surface area contributed by atoms with Crippen LogP contribution in [-0.4, -0.2) is 21.6 Å². The quantitative estimate of drug-likeness (QED) is 0.767. The van der Waals surface area contributed by atoms with Gasteiger partial charge in [0.15, 0.2) is 4.80 Å².